The normalized spacial score (nSPS) is 12.4. The summed E-state index contributed by atoms with van der Waals surface area (Å²) in [7, 11) is 0. The van der Waals surface area contributed by atoms with E-state index >= 15 is 0 Å². The SMILES string of the molecule is CCC(Cl)C(=O)CC=C(Cl)Cl. The third kappa shape index (κ3) is 5.54. The average molecular weight is 216 g/mol. The van der Waals surface area contributed by atoms with Crippen molar-refractivity contribution in [2.24, 2.45) is 0 Å². The van der Waals surface area contributed by atoms with Crippen LogP contribution in [0.3, 0.4) is 0 Å². The standard InChI is InChI=1S/C7H9Cl3O/c1-2-5(8)6(11)3-4-7(9)10/h4-5H,2-3H2,1H3. The predicted molar refractivity (Wildman–Crippen MR) is 49.3 cm³/mol. The van der Waals surface area contributed by atoms with E-state index in [9.17, 15) is 4.79 Å². The maximum atomic E-state index is 11.0. The Morgan fingerprint density at radius 2 is 2.09 bits per heavy atom. The number of hydrogen-bond donors (Lipinski definition) is 0. The third-order valence-electron chi connectivity index (χ3n) is 1.17. The van der Waals surface area contributed by atoms with Gasteiger partial charge in [-0.2, -0.15) is 0 Å². The Kier molecular flexibility index (Phi) is 6.02. The molecule has 0 fully saturated rings. The lowest BCUT2D eigenvalue weighted by Gasteiger charge is -2.00. The van der Waals surface area contributed by atoms with E-state index in [-0.39, 0.29) is 16.7 Å². The zero-order valence-electron chi connectivity index (χ0n) is 6.11. The summed E-state index contributed by atoms with van der Waals surface area (Å²) in [6, 6.07) is 0. The summed E-state index contributed by atoms with van der Waals surface area (Å²) < 4.78 is 0.110. The van der Waals surface area contributed by atoms with E-state index in [1.807, 2.05) is 6.92 Å². The molecule has 0 amide bonds. The van der Waals surface area contributed by atoms with Crippen molar-refractivity contribution < 1.29 is 4.79 Å². The minimum absolute atomic E-state index is 0.0482. The molecule has 0 aromatic carbocycles. The first-order valence-electron chi connectivity index (χ1n) is 3.25. The van der Waals surface area contributed by atoms with Crippen molar-refractivity contribution in [3.05, 3.63) is 10.6 Å². The molecule has 0 saturated carbocycles. The molecule has 64 valence electrons. The minimum Gasteiger partial charge on any atom is -0.298 e. The molecule has 0 aromatic heterocycles. The third-order valence-corrected chi connectivity index (χ3v) is 2.03. The number of allylic oxidation sites excluding steroid dienone is 1. The van der Waals surface area contributed by atoms with Gasteiger partial charge in [0.05, 0.1) is 5.38 Å². The fourth-order valence-corrected chi connectivity index (χ4v) is 0.777. The first kappa shape index (κ1) is 11.3. The Labute approximate surface area is 81.3 Å². The van der Waals surface area contributed by atoms with Gasteiger partial charge in [-0.05, 0) is 12.5 Å². The van der Waals surface area contributed by atoms with Crippen LogP contribution < -0.4 is 0 Å². The molecule has 0 aliphatic rings. The van der Waals surface area contributed by atoms with Crippen molar-refractivity contribution in [2.45, 2.75) is 25.1 Å². The number of carbonyl (C=O) groups excluding carboxylic acids is 1. The average Bonchev–Trinajstić information content (AvgIpc) is 1.98. The van der Waals surface area contributed by atoms with Crippen LogP contribution in [0, 0.1) is 0 Å². The van der Waals surface area contributed by atoms with Crippen LogP contribution in [0.1, 0.15) is 19.8 Å². The number of hydrogen-bond acceptors (Lipinski definition) is 1. The molecule has 0 aromatic rings. The van der Waals surface area contributed by atoms with Gasteiger partial charge in [0.2, 0.25) is 0 Å². The first-order valence-corrected chi connectivity index (χ1v) is 4.45. The van der Waals surface area contributed by atoms with Gasteiger partial charge in [-0.1, -0.05) is 30.1 Å². The van der Waals surface area contributed by atoms with E-state index < -0.39 is 5.38 Å². The topological polar surface area (TPSA) is 17.1 Å². The van der Waals surface area contributed by atoms with Crippen molar-refractivity contribution in [2.75, 3.05) is 0 Å². The van der Waals surface area contributed by atoms with E-state index in [1.165, 1.54) is 6.08 Å². The largest absolute Gasteiger partial charge is 0.298 e. The number of Topliss-reactive ketones (excluding diaryl/α,β-unsaturated/α-hetero) is 1. The number of alkyl halides is 1. The van der Waals surface area contributed by atoms with Crippen LogP contribution in [0.5, 0.6) is 0 Å². The molecule has 0 aliphatic heterocycles. The lowest BCUT2D eigenvalue weighted by Crippen LogP contribution is -2.11. The number of halogens is 3. The molecule has 0 rings (SSSR count). The van der Waals surface area contributed by atoms with Crippen LogP contribution in [0.15, 0.2) is 10.6 Å². The number of rotatable bonds is 4. The van der Waals surface area contributed by atoms with Crippen molar-refractivity contribution >= 4 is 40.6 Å². The van der Waals surface area contributed by atoms with Gasteiger partial charge in [0, 0.05) is 6.42 Å². The summed E-state index contributed by atoms with van der Waals surface area (Å²) >= 11 is 16.2. The Bertz CT molecular complexity index is 161. The van der Waals surface area contributed by atoms with Gasteiger partial charge in [0.25, 0.3) is 0 Å². The summed E-state index contributed by atoms with van der Waals surface area (Å²) in [4.78, 5) is 11.0. The molecule has 1 atom stereocenters. The van der Waals surface area contributed by atoms with Gasteiger partial charge in [-0.3, -0.25) is 4.79 Å². The second-order valence-electron chi connectivity index (χ2n) is 2.04. The molecule has 1 nitrogen and oxygen atoms in total. The van der Waals surface area contributed by atoms with Gasteiger partial charge >= 0.3 is 0 Å². The first-order chi connectivity index (χ1) is 5.07. The fourth-order valence-electron chi connectivity index (χ4n) is 0.533. The predicted octanol–water partition coefficient (Wildman–Crippen LogP) is 3.28. The van der Waals surface area contributed by atoms with Gasteiger partial charge in [0.1, 0.15) is 4.49 Å². The summed E-state index contributed by atoms with van der Waals surface area (Å²) in [5, 5.41) is -0.418. The van der Waals surface area contributed by atoms with Crippen LogP contribution in [-0.4, -0.2) is 11.2 Å². The van der Waals surface area contributed by atoms with Crippen LogP contribution in [0.2, 0.25) is 0 Å². The van der Waals surface area contributed by atoms with Crippen LogP contribution in [0.4, 0.5) is 0 Å². The van der Waals surface area contributed by atoms with E-state index in [0.717, 1.165) is 0 Å². The molecule has 0 heterocycles. The monoisotopic (exact) mass is 214 g/mol. The maximum absolute atomic E-state index is 11.0. The molecule has 0 N–H and O–H groups in total. The van der Waals surface area contributed by atoms with E-state index in [1.54, 1.807) is 0 Å². The summed E-state index contributed by atoms with van der Waals surface area (Å²) in [6.45, 7) is 1.85. The molecular weight excluding hydrogens is 206 g/mol. The molecule has 1 unspecified atom stereocenters. The number of carbonyl (C=O) groups is 1. The minimum atomic E-state index is -0.418. The lowest BCUT2D eigenvalue weighted by molar-refractivity contribution is -0.117. The fraction of sp³-hybridized carbons (Fsp3) is 0.571. The van der Waals surface area contributed by atoms with Crippen LogP contribution >= 0.6 is 34.8 Å². The Morgan fingerprint density at radius 3 is 2.45 bits per heavy atom. The van der Waals surface area contributed by atoms with Crippen molar-refractivity contribution in [1.29, 1.82) is 0 Å². The Hall–Kier alpha value is 0.280. The van der Waals surface area contributed by atoms with E-state index in [2.05, 4.69) is 0 Å². The van der Waals surface area contributed by atoms with Gasteiger partial charge in [0.15, 0.2) is 5.78 Å². The second-order valence-corrected chi connectivity index (χ2v) is 3.57. The highest BCUT2D eigenvalue weighted by Crippen LogP contribution is 2.11. The zero-order chi connectivity index (χ0) is 8.85. The van der Waals surface area contributed by atoms with Crippen molar-refractivity contribution in [3.8, 4) is 0 Å². The summed E-state index contributed by atoms with van der Waals surface area (Å²) in [6.07, 6.45) is 2.29. The summed E-state index contributed by atoms with van der Waals surface area (Å²) in [5.74, 6) is -0.0482. The Morgan fingerprint density at radius 1 is 1.55 bits per heavy atom. The highest BCUT2D eigenvalue weighted by molar-refractivity contribution is 6.55. The lowest BCUT2D eigenvalue weighted by atomic mass is 10.2. The van der Waals surface area contributed by atoms with Gasteiger partial charge in [-0.15, -0.1) is 11.6 Å². The highest BCUT2D eigenvalue weighted by atomic mass is 35.5. The molecule has 0 radical (unpaired) electrons. The van der Waals surface area contributed by atoms with E-state index in [0.29, 0.717) is 6.42 Å². The molecule has 0 aliphatic carbocycles. The van der Waals surface area contributed by atoms with Crippen LogP contribution in [0.25, 0.3) is 0 Å². The molecule has 4 heteroatoms. The van der Waals surface area contributed by atoms with Gasteiger partial charge < -0.3 is 0 Å². The molecular formula is C7H9Cl3O. The van der Waals surface area contributed by atoms with Crippen LogP contribution in [-0.2, 0) is 4.79 Å². The molecule has 11 heavy (non-hydrogen) atoms. The quantitative estimate of drug-likeness (QED) is 0.658. The maximum Gasteiger partial charge on any atom is 0.154 e. The van der Waals surface area contributed by atoms with Crippen molar-refractivity contribution in [1.82, 2.24) is 0 Å². The zero-order valence-corrected chi connectivity index (χ0v) is 8.38. The molecule has 0 bridgehead atoms. The second kappa shape index (κ2) is 5.87. The van der Waals surface area contributed by atoms with E-state index in [4.69, 9.17) is 34.8 Å². The van der Waals surface area contributed by atoms with Gasteiger partial charge in [-0.25, -0.2) is 0 Å². The highest BCUT2D eigenvalue weighted by Gasteiger charge is 2.10. The smallest absolute Gasteiger partial charge is 0.154 e. The molecule has 0 spiro atoms. The summed E-state index contributed by atoms with van der Waals surface area (Å²) in [5.41, 5.74) is 0. The van der Waals surface area contributed by atoms with Crippen molar-refractivity contribution in [3.63, 3.8) is 0 Å². The number of ketones is 1. The Balaban J connectivity index is 3.79. The molecule has 0 saturated heterocycles.